The summed E-state index contributed by atoms with van der Waals surface area (Å²) < 4.78 is 10.5. The maximum absolute atomic E-state index is 5.50. The van der Waals surface area contributed by atoms with E-state index in [1.165, 1.54) is 0 Å². The summed E-state index contributed by atoms with van der Waals surface area (Å²) in [4.78, 5) is 0. The molecule has 1 aliphatic heterocycles. The Balaban J connectivity index is 2.02. The van der Waals surface area contributed by atoms with Crippen molar-refractivity contribution in [2.24, 2.45) is 0 Å². The van der Waals surface area contributed by atoms with Crippen molar-refractivity contribution < 1.29 is 9.47 Å². The molecule has 60 valence electrons. The van der Waals surface area contributed by atoms with Crippen molar-refractivity contribution >= 4 is 23.4 Å². The van der Waals surface area contributed by atoms with E-state index in [1.807, 2.05) is 0 Å². The maximum Gasteiger partial charge on any atom is 0.126 e. The number of ether oxygens (including phenoxy) is 2. The molecule has 4 heteroatoms. The highest BCUT2D eigenvalue weighted by Crippen LogP contribution is 2.15. The van der Waals surface area contributed by atoms with Gasteiger partial charge in [0.05, 0.1) is 19.8 Å². The Morgan fingerprint density at radius 1 is 1.50 bits per heavy atom. The lowest BCUT2D eigenvalue weighted by Crippen LogP contribution is -2.26. The normalized spacial score (nSPS) is 26.7. The van der Waals surface area contributed by atoms with Crippen molar-refractivity contribution in [3.63, 3.8) is 0 Å². The van der Waals surface area contributed by atoms with Gasteiger partial charge in [-0.3, -0.25) is 0 Å². The van der Waals surface area contributed by atoms with Crippen LogP contribution in [0.4, 0.5) is 0 Å². The molecule has 1 fully saturated rings. The molecular weight excluding hydrogens is 172 g/mol. The highest BCUT2D eigenvalue weighted by molar-refractivity contribution is 7.99. The predicted octanol–water partition coefficient (Wildman–Crippen LogP) is 1.33. The number of hydrogen-bond donors (Lipinski definition) is 0. The van der Waals surface area contributed by atoms with Gasteiger partial charge in [-0.15, -0.1) is 23.4 Å². The molecular formula is C6H11ClO2S. The van der Waals surface area contributed by atoms with E-state index >= 15 is 0 Å². The molecule has 0 radical (unpaired) electrons. The standard InChI is InChI=1S/C6H11ClO2S/c7-1-4-10-6-5-8-2-3-9-6/h6H,1-5H2. The fourth-order valence-electron chi connectivity index (χ4n) is 0.738. The van der Waals surface area contributed by atoms with E-state index in [-0.39, 0.29) is 5.44 Å². The molecule has 1 unspecified atom stereocenters. The topological polar surface area (TPSA) is 18.5 Å². The first-order valence-electron chi connectivity index (χ1n) is 3.30. The lowest BCUT2D eigenvalue weighted by Gasteiger charge is -2.21. The van der Waals surface area contributed by atoms with Crippen LogP contribution in [0.3, 0.4) is 0 Å². The summed E-state index contributed by atoms with van der Waals surface area (Å²) >= 11 is 7.22. The third kappa shape index (κ3) is 3.10. The van der Waals surface area contributed by atoms with Crippen LogP contribution in [0.1, 0.15) is 0 Å². The SMILES string of the molecule is ClCCSC1COCCO1. The molecule has 0 N–H and O–H groups in total. The summed E-state index contributed by atoms with van der Waals surface area (Å²) in [5.74, 6) is 1.63. The second-order valence-electron chi connectivity index (χ2n) is 1.94. The van der Waals surface area contributed by atoms with Gasteiger partial charge in [-0.05, 0) is 0 Å². The second kappa shape index (κ2) is 5.24. The summed E-state index contributed by atoms with van der Waals surface area (Å²) in [5, 5.41) is 0. The summed E-state index contributed by atoms with van der Waals surface area (Å²) in [6, 6.07) is 0. The Labute approximate surface area is 70.2 Å². The van der Waals surface area contributed by atoms with Crippen LogP contribution < -0.4 is 0 Å². The van der Waals surface area contributed by atoms with E-state index in [4.69, 9.17) is 21.1 Å². The molecule has 0 aromatic rings. The molecule has 0 spiro atoms. The third-order valence-electron chi connectivity index (χ3n) is 1.17. The highest BCUT2D eigenvalue weighted by Gasteiger charge is 2.13. The van der Waals surface area contributed by atoms with Crippen LogP contribution >= 0.6 is 23.4 Å². The average molecular weight is 183 g/mol. The Hall–Kier alpha value is 0.560. The smallest absolute Gasteiger partial charge is 0.126 e. The Morgan fingerprint density at radius 2 is 2.40 bits per heavy atom. The van der Waals surface area contributed by atoms with E-state index in [2.05, 4.69) is 0 Å². The number of alkyl halides is 1. The van der Waals surface area contributed by atoms with Crippen molar-refractivity contribution in [1.29, 1.82) is 0 Å². The monoisotopic (exact) mass is 182 g/mol. The zero-order valence-corrected chi connectivity index (χ0v) is 7.29. The first-order chi connectivity index (χ1) is 4.93. The van der Waals surface area contributed by atoms with Crippen molar-refractivity contribution in [3.05, 3.63) is 0 Å². The van der Waals surface area contributed by atoms with E-state index in [1.54, 1.807) is 11.8 Å². The number of halogens is 1. The molecule has 2 nitrogen and oxygen atoms in total. The minimum absolute atomic E-state index is 0.215. The average Bonchev–Trinajstić information content (AvgIpc) is 2.03. The van der Waals surface area contributed by atoms with Crippen LogP contribution in [-0.2, 0) is 9.47 Å². The Morgan fingerprint density at radius 3 is 3.00 bits per heavy atom. The van der Waals surface area contributed by atoms with Gasteiger partial charge in [0, 0.05) is 11.6 Å². The van der Waals surface area contributed by atoms with Gasteiger partial charge in [-0.25, -0.2) is 0 Å². The minimum atomic E-state index is 0.215. The van der Waals surface area contributed by atoms with Crippen molar-refractivity contribution in [2.45, 2.75) is 5.44 Å². The summed E-state index contributed by atoms with van der Waals surface area (Å²) in [5.41, 5.74) is 0.215. The molecule has 0 aromatic heterocycles. The number of rotatable bonds is 3. The van der Waals surface area contributed by atoms with Crippen LogP contribution in [-0.4, -0.2) is 36.9 Å². The first-order valence-corrected chi connectivity index (χ1v) is 4.88. The van der Waals surface area contributed by atoms with Crippen molar-refractivity contribution in [3.8, 4) is 0 Å². The summed E-state index contributed by atoms with van der Waals surface area (Å²) in [6.07, 6.45) is 0. The molecule has 1 rings (SSSR count). The second-order valence-corrected chi connectivity index (χ2v) is 3.58. The lowest BCUT2D eigenvalue weighted by atomic mass is 10.6. The maximum atomic E-state index is 5.50. The molecule has 0 saturated carbocycles. The molecule has 0 amide bonds. The molecule has 1 atom stereocenters. The Kier molecular flexibility index (Phi) is 4.54. The first kappa shape index (κ1) is 8.65. The molecule has 0 aliphatic carbocycles. The van der Waals surface area contributed by atoms with E-state index in [0.717, 1.165) is 19.0 Å². The Bertz CT molecular complexity index is 85.8. The van der Waals surface area contributed by atoms with Crippen LogP contribution in [0.2, 0.25) is 0 Å². The van der Waals surface area contributed by atoms with Crippen molar-refractivity contribution in [1.82, 2.24) is 0 Å². The van der Waals surface area contributed by atoms with E-state index in [9.17, 15) is 0 Å². The van der Waals surface area contributed by atoms with Crippen LogP contribution in [0, 0.1) is 0 Å². The van der Waals surface area contributed by atoms with Crippen LogP contribution in [0.5, 0.6) is 0 Å². The summed E-state index contributed by atoms with van der Waals surface area (Å²) in [6.45, 7) is 2.17. The van der Waals surface area contributed by atoms with Crippen LogP contribution in [0.15, 0.2) is 0 Å². The lowest BCUT2D eigenvalue weighted by molar-refractivity contribution is -0.0498. The molecule has 1 aliphatic rings. The molecule has 1 saturated heterocycles. The quantitative estimate of drug-likeness (QED) is 0.614. The number of hydrogen-bond acceptors (Lipinski definition) is 3. The van der Waals surface area contributed by atoms with Gasteiger partial charge < -0.3 is 9.47 Å². The molecule has 0 aromatic carbocycles. The van der Waals surface area contributed by atoms with Gasteiger partial charge in [0.25, 0.3) is 0 Å². The minimum Gasteiger partial charge on any atom is -0.375 e. The third-order valence-corrected chi connectivity index (χ3v) is 2.66. The highest BCUT2D eigenvalue weighted by atomic mass is 35.5. The fraction of sp³-hybridized carbons (Fsp3) is 1.00. The summed E-state index contributed by atoms with van der Waals surface area (Å²) in [7, 11) is 0. The van der Waals surface area contributed by atoms with E-state index < -0.39 is 0 Å². The van der Waals surface area contributed by atoms with Gasteiger partial charge in [0.1, 0.15) is 5.44 Å². The van der Waals surface area contributed by atoms with Gasteiger partial charge in [-0.1, -0.05) is 0 Å². The zero-order chi connectivity index (χ0) is 7.23. The number of thioether (sulfide) groups is 1. The van der Waals surface area contributed by atoms with Gasteiger partial charge in [0.2, 0.25) is 0 Å². The zero-order valence-electron chi connectivity index (χ0n) is 5.72. The van der Waals surface area contributed by atoms with Gasteiger partial charge >= 0.3 is 0 Å². The van der Waals surface area contributed by atoms with Gasteiger partial charge in [0.15, 0.2) is 0 Å². The predicted molar refractivity (Wildman–Crippen MR) is 43.7 cm³/mol. The largest absolute Gasteiger partial charge is 0.375 e. The van der Waals surface area contributed by atoms with Crippen molar-refractivity contribution in [2.75, 3.05) is 31.5 Å². The fourth-order valence-corrected chi connectivity index (χ4v) is 1.74. The molecule has 0 bridgehead atoms. The van der Waals surface area contributed by atoms with Gasteiger partial charge in [-0.2, -0.15) is 0 Å². The molecule has 1 heterocycles. The molecule has 10 heavy (non-hydrogen) atoms. The van der Waals surface area contributed by atoms with E-state index in [0.29, 0.717) is 12.5 Å². The van der Waals surface area contributed by atoms with Crippen LogP contribution in [0.25, 0.3) is 0 Å².